The van der Waals surface area contributed by atoms with E-state index in [0.29, 0.717) is 103 Å². The molecule has 21 N–H and O–H groups in total. The van der Waals surface area contributed by atoms with E-state index in [-0.39, 0.29) is 12.2 Å². The quantitative estimate of drug-likeness (QED) is 0.0355. The first-order valence-electron chi connectivity index (χ1n) is 33.5. The predicted octanol–water partition coefficient (Wildman–Crippen LogP) is 13.1. The van der Waals surface area contributed by atoms with Crippen molar-refractivity contribution in [2.24, 2.45) is 28.7 Å². The number of hydrogen-bond donors (Lipinski definition) is 11. The summed E-state index contributed by atoms with van der Waals surface area (Å²) in [5.41, 5.74) is 66.5. The van der Waals surface area contributed by atoms with Gasteiger partial charge in [0.05, 0.1) is 75.8 Å². The minimum Gasteiger partial charge on any atom is -0.497 e. The molecule has 0 fully saturated rings. The first kappa shape index (κ1) is 80.2. The van der Waals surface area contributed by atoms with Gasteiger partial charge in [-0.3, -0.25) is 28.8 Å². The molecule has 0 saturated carbocycles. The molecule has 33 heteroatoms. The number of aliphatic carboxylic acids is 1. The van der Waals surface area contributed by atoms with Crippen LogP contribution < -0.4 is 62.1 Å². The first-order valence-corrected chi connectivity index (χ1v) is 39.7. The second kappa shape index (κ2) is 34.8. The molecule has 0 saturated heterocycles. The molecule has 5 amide bonds. The topological polar surface area (TPSA) is 519 Å². The number of benzene rings is 5. The van der Waals surface area contributed by atoms with Crippen molar-refractivity contribution in [3.8, 4) is 64.0 Å². The van der Waals surface area contributed by atoms with Gasteiger partial charge in [0, 0.05) is 101 Å². The second-order valence-corrected chi connectivity index (χ2v) is 32.5. The number of primary amides is 5. The SMILES string of the molecule is COc1ccc(-c2cc3c(N)ncc(C(N)=O)c3s2)cc1.CS(=O)(=O)CCc1ccc(-c2cc3c(N)ncc(C(N)=O)c3s2)cc1.N#Cc1cccc(-c2cc3c(N)ncc(C(N)=O)c3s2)c1.NC(=O)c1cnc(N)c2cc(-c3ccc(CCC(=O)O)cc3)sc12.[C-]#[N+]Cc1cccc(-c2cc3c(N)ncc(C(N)=O)c3s2)c1. The minimum absolute atomic E-state index is 0.104. The van der Waals surface area contributed by atoms with Gasteiger partial charge in [0.2, 0.25) is 6.54 Å². The molecule has 0 aliphatic rings. The monoisotopic (exact) mass is 1620 g/mol. The van der Waals surface area contributed by atoms with E-state index in [1.807, 2.05) is 140 Å². The fraction of sp³-hybridized carbons (Fsp3) is 0.0875. The van der Waals surface area contributed by atoms with E-state index in [1.54, 1.807) is 19.2 Å². The summed E-state index contributed by atoms with van der Waals surface area (Å²) in [7, 11) is -1.36. The molecule has 0 bridgehead atoms. The fourth-order valence-electron chi connectivity index (χ4n) is 11.4. The van der Waals surface area contributed by atoms with Gasteiger partial charge in [-0.05, 0) is 125 Å². The van der Waals surface area contributed by atoms with Crippen molar-refractivity contribution in [2.45, 2.75) is 25.8 Å². The van der Waals surface area contributed by atoms with Crippen LogP contribution in [0.2, 0.25) is 0 Å². The van der Waals surface area contributed by atoms with Crippen molar-refractivity contribution < 1.29 is 47.0 Å². The van der Waals surface area contributed by atoms with Crippen molar-refractivity contribution in [1.29, 1.82) is 5.26 Å². The van der Waals surface area contributed by atoms with Crippen LogP contribution in [0.4, 0.5) is 29.1 Å². The number of ether oxygens (including phenoxy) is 1. The maximum Gasteiger partial charge on any atom is 0.303 e. The zero-order valence-electron chi connectivity index (χ0n) is 59.8. The highest BCUT2D eigenvalue weighted by Gasteiger charge is 2.21. The Hall–Kier alpha value is -13.8. The number of methoxy groups -OCH3 is 1. The smallest absolute Gasteiger partial charge is 0.303 e. The number of nitrogen functional groups attached to an aromatic ring is 5. The Balaban J connectivity index is 0.000000140. The van der Waals surface area contributed by atoms with Crippen LogP contribution in [0.1, 0.15) is 80.5 Å². The van der Waals surface area contributed by atoms with Crippen molar-refractivity contribution in [3.05, 3.63) is 244 Å². The number of nitrogens with zero attached hydrogens (tertiary/aromatic N) is 7. The van der Waals surface area contributed by atoms with Gasteiger partial charge in [0.1, 0.15) is 44.7 Å². The van der Waals surface area contributed by atoms with Crippen LogP contribution >= 0.6 is 56.7 Å². The van der Waals surface area contributed by atoms with Gasteiger partial charge in [0.25, 0.3) is 29.5 Å². The van der Waals surface area contributed by atoms with Crippen molar-refractivity contribution in [3.63, 3.8) is 0 Å². The van der Waals surface area contributed by atoms with E-state index in [0.717, 1.165) is 104 Å². The number of sulfone groups is 1. The molecule has 5 aromatic carbocycles. The minimum atomic E-state index is -2.98. The van der Waals surface area contributed by atoms with Gasteiger partial charge < -0.3 is 72.0 Å². The molecule has 27 nitrogen and oxygen atoms in total. The van der Waals surface area contributed by atoms with Gasteiger partial charge in [-0.25, -0.2) is 39.9 Å². The van der Waals surface area contributed by atoms with Crippen LogP contribution in [0.25, 0.3) is 107 Å². The number of aromatic nitrogens is 5. The maximum atomic E-state index is 11.6. The van der Waals surface area contributed by atoms with Crippen LogP contribution in [0.15, 0.2) is 183 Å². The van der Waals surface area contributed by atoms with E-state index in [9.17, 15) is 37.2 Å². The Kier molecular flexibility index (Phi) is 24.7. The maximum absolute atomic E-state index is 11.6. The van der Waals surface area contributed by atoms with Crippen molar-refractivity contribution in [1.82, 2.24) is 24.9 Å². The zero-order valence-corrected chi connectivity index (χ0v) is 64.7. The molecule has 15 aromatic rings. The number of aryl methyl sites for hydroxylation is 2. The highest BCUT2D eigenvalue weighted by molar-refractivity contribution is 7.90. The molecular formula is C80H67N17O10S6. The molecule has 0 aliphatic carbocycles. The lowest BCUT2D eigenvalue weighted by molar-refractivity contribution is -0.137. The molecule has 113 heavy (non-hydrogen) atoms. The number of carboxylic acids is 1. The zero-order chi connectivity index (χ0) is 81.1. The number of pyridine rings is 5. The Labute approximate surface area is 664 Å². The largest absolute Gasteiger partial charge is 0.497 e. The van der Waals surface area contributed by atoms with Gasteiger partial charge in [0.15, 0.2) is 0 Å². The van der Waals surface area contributed by atoms with E-state index in [2.05, 4.69) is 35.8 Å². The van der Waals surface area contributed by atoms with Gasteiger partial charge >= 0.3 is 5.97 Å². The van der Waals surface area contributed by atoms with Gasteiger partial charge in [-0.2, -0.15) is 5.26 Å². The van der Waals surface area contributed by atoms with E-state index in [4.69, 9.17) is 79.0 Å². The number of amides is 5. The summed E-state index contributed by atoms with van der Waals surface area (Å²) in [6, 6.07) is 49.6. The van der Waals surface area contributed by atoms with E-state index in [1.165, 1.54) is 93.9 Å². The lowest BCUT2D eigenvalue weighted by Gasteiger charge is -2.02. The second-order valence-electron chi connectivity index (χ2n) is 25.0. The molecule has 0 atom stereocenters. The molecule has 0 radical (unpaired) electrons. The lowest BCUT2D eigenvalue weighted by Crippen LogP contribution is -2.11. The average molecular weight is 1620 g/mol. The van der Waals surface area contributed by atoms with Crippen molar-refractivity contribution >= 4 is 182 Å². The number of fused-ring (bicyclic) bond motifs is 5. The van der Waals surface area contributed by atoms with Crippen molar-refractivity contribution in [2.75, 3.05) is 47.8 Å². The highest BCUT2D eigenvalue weighted by atomic mass is 32.2. The summed E-state index contributed by atoms with van der Waals surface area (Å²) < 4.78 is 31.3. The average Bonchev–Trinajstić information content (AvgIpc) is 1.67. The lowest BCUT2D eigenvalue weighted by atomic mass is 10.1. The Bertz CT molecular complexity index is 6440. The van der Waals surface area contributed by atoms with E-state index < -0.39 is 45.3 Å². The summed E-state index contributed by atoms with van der Waals surface area (Å²) in [5, 5.41) is 21.3. The number of anilines is 5. The Morgan fingerprint density at radius 1 is 0.442 bits per heavy atom. The summed E-state index contributed by atoms with van der Waals surface area (Å²) in [5.74, 6) is -0.701. The highest BCUT2D eigenvalue weighted by Crippen LogP contribution is 2.43. The number of carbonyl (C=O) groups excluding carboxylic acids is 5. The number of nitriles is 1. The molecule has 15 rings (SSSR count). The summed E-state index contributed by atoms with van der Waals surface area (Å²) >= 11 is 7.18. The molecule has 10 heterocycles. The molecule has 0 unspecified atom stereocenters. The van der Waals surface area contributed by atoms with Crippen LogP contribution in [0.5, 0.6) is 5.75 Å². The summed E-state index contributed by atoms with van der Waals surface area (Å²) in [6.07, 6.45) is 9.33. The summed E-state index contributed by atoms with van der Waals surface area (Å²) in [4.78, 5) is 96.5. The number of carbonyl (C=O) groups is 6. The van der Waals surface area contributed by atoms with Crippen LogP contribution in [0, 0.1) is 17.9 Å². The normalized spacial score (nSPS) is 10.9. The molecule has 568 valence electrons. The molecule has 10 aromatic heterocycles. The van der Waals surface area contributed by atoms with Crippen LogP contribution in [0.3, 0.4) is 0 Å². The summed E-state index contributed by atoms with van der Waals surface area (Å²) in [6.45, 7) is 7.30. The number of nitrogens with two attached hydrogens (primary N) is 10. The van der Waals surface area contributed by atoms with E-state index >= 15 is 0 Å². The standard InChI is InChI=1S/C17H17N3O3S2.C17H15N3O3S.C16H12N4OS.C15H10N4OS.C15H13N3O2S/c1-25(22,23)7-6-10-2-4-11(5-3-10)14-8-12-15(24-14)13(17(19)21)9-20-16(12)18;18-16-11-7-13(24-15(11)12(8-20-16)17(19)23)10-4-1-9(2-5-10)3-6-14(21)22;1-19-7-9-3-2-4-10(5-9)13-6-11-14(22-13)12(16(18)21)8-20-15(11)17;16-6-8-2-1-3-9(4-8)12-5-10-13(21-12)11(15(18)20)7-19-14(10)17;1-20-9-4-2-8(3-5-9)12-6-10-13(21-12)11(15(17)19)7-18-14(10)16/h2-5,8-9H,6-7H2,1H3,(H2,18,20)(H2,19,21);1-2,4-5,7-8H,3,6H2,(H2,18,20)(H2,19,23)(H,21,22);2-6,8H,7H2,(H2,17,20)(H2,18,21);1-5,7H,(H2,17,19)(H2,18,20);2-7H,1H3,(H2,16,18)(H2,17,19). The van der Waals surface area contributed by atoms with Gasteiger partial charge in [-0.1, -0.05) is 78.9 Å². The van der Waals surface area contributed by atoms with Crippen LogP contribution in [-0.4, -0.2) is 93.1 Å². The third-order valence-electron chi connectivity index (χ3n) is 17.2. The molecule has 0 aliphatic heterocycles. The number of carboxylic acid groups (broad SMARTS) is 1. The fourth-order valence-corrected chi connectivity index (χ4v) is 18.0. The number of thiophene rings is 5. The third-order valence-corrected chi connectivity index (χ3v) is 24.3. The number of rotatable bonds is 18. The van der Waals surface area contributed by atoms with Crippen LogP contribution in [-0.2, 0) is 34.0 Å². The number of hydrogen-bond acceptors (Lipinski definition) is 25. The van der Waals surface area contributed by atoms with Gasteiger partial charge in [-0.15, -0.1) is 56.7 Å². The molecule has 0 spiro atoms. The first-order chi connectivity index (χ1) is 54.0. The predicted molar refractivity (Wildman–Crippen MR) is 451 cm³/mol. The Morgan fingerprint density at radius 2 is 0.752 bits per heavy atom. The third kappa shape index (κ3) is 18.9. The molecular weight excluding hydrogens is 1550 g/mol. The Morgan fingerprint density at radius 3 is 1.05 bits per heavy atom.